The van der Waals surface area contributed by atoms with E-state index in [1.165, 1.54) is 11.3 Å². The smallest absolute Gasteiger partial charge is 0.351 e. The zero-order valence-electron chi connectivity index (χ0n) is 12.7. The van der Waals surface area contributed by atoms with Crippen LogP contribution in [-0.4, -0.2) is 42.8 Å². The largest absolute Gasteiger partial charge is 0.463 e. The molecule has 0 atom stereocenters. The van der Waals surface area contributed by atoms with Crippen LogP contribution in [-0.2, 0) is 6.54 Å². The molecule has 3 aromatic rings. The van der Waals surface area contributed by atoms with E-state index in [1.807, 2.05) is 0 Å². The molecule has 4 heterocycles. The van der Waals surface area contributed by atoms with Crippen molar-refractivity contribution in [3.05, 3.63) is 40.3 Å². The van der Waals surface area contributed by atoms with E-state index >= 15 is 0 Å². The van der Waals surface area contributed by atoms with E-state index in [2.05, 4.69) is 9.98 Å². The minimum Gasteiger partial charge on any atom is -0.463 e. The van der Waals surface area contributed by atoms with Crippen molar-refractivity contribution in [2.24, 2.45) is 10.8 Å². The van der Waals surface area contributed by atoms with E-state index in [0.29, 0.717) is 5.76 Å². The third-order valence-electron chi connectivity index (χ3n) is 3.84. The molecule has 0 bridgehead atoms. The van der Waals surface area contributed by atoms with Gasteiger partial charge in [-0.25, -0.2) is 15.2 Å². The topological polar surface area (TPSA) is 119 Å². The monoisotopic (exact) mass is 353 g/mol. The Hall–Kier alpha value is -2.99. The SMILES string of the molecule is NN1CN=C(c2ccco2)c2c1nc1n(CCO)c(=O)n(C(F)F)n21. The molecule has 1 aliphatic rings. The lowest BCUT2D eigenvalue weighted by molar-refractivity contribution is 0.0473. The van der Waals surface area contributed by atoms with E-state index in [9.17, 15) is 13.6 Å². The van der Waals surface area contributed by atoms with Gasteiger partial charge in [-0.15, -0.1) is 0 Å². The van der Waals surface area contributed by atoms with Crippen molar-refractivity contribution in [3.63, 3.8) is 0 Å². The van der Waals surface area contributed by atoms with Crippen molar-refractivity contribution in [3.8, 4) is 0 Å². The van der Waals surface area contributed by atoms with Crippen LogP contribution in [0.4, 0.5) is 14.6 Å². The van der Waals surface area contributed by atoms with E-state index < -0.39 is 18.8 Å². The average Bonchev–Trinajstić information content (AvgIpc) is 3.26. The Morgan fingerprint density at radius 2 is 2.24 bits per heavy atom. The number of furan rings is 1. The number of fused-ring (bicyclic) bond motifs is 3. The number of aliphatic hydroxyl groups excluding tert-OH is 1. The van der Waals surface area contributed by atoms with Gasteiger partial charge in [-0.2, -0.15) is 18.4 Å². The van der Waals surface area contributed by atoms with Gasteiger partial charge in [0.1, 0.15) is 18.1 Å². The number of rotatable bonds is 4. The number of aliphatic imine (C=N–C) groups is 1. The van der Waals surface area contributed by atoms with E-state index in [-0.39, 0.29) is 40.9 Å². The van der Waals surface area contributed by atoms with Crippen molar-refractivity contribution in [2.45, 2.75) is 13.1 Å². The molecule has 0 aromatic carbocycles. The Kier molecular flexibility index (Phi) is 3.43. The Morgan fingerprint density at radius 1 is 1.44 bits per heavy atom. The van der Waals surface area contributed by atoms with Gasteiger partial charge in [0, 0.05) is 0 Å². The van der Waals surface area contributed by atoms with Crippen molar-refractivity contribution in [1.29, 1.82) is 0 Å². The van der Waals surface area contributed by atoms with Gasteiger partial charge in [0.15, 0.2) is 11.6 Å². The van der Waals surface area contributed by atoms with Crippen LogP contribution in [0, 0.1) is 0 Å². The molecular formula is C13H13F2N7O3. The lowest BCUT2D eigenvalue weighted by atomic mass is 10.2. The molecule has 0 fully saturated rings. The van der Waals surface area contributed by atoms with Crippen LogP contribution in [0.3, 0.4) is 0 Å². The fourth-order valence-electron chi connectivity index (χ4n) is 2.83. The van der Waals surface area contributed by atoms with Crippen LogP contribution in [0.2, 0.25) is 0 Å². The summed E-state index contributed by atoms with van der Waals surface area (Å²) < 4.78 is 34.6. The Labute approximate surface area is 138 Å². The number of halogens is 2. The number of hydrogen-bond acceptors (Lipinski definition) is 7. The summed E-state index contributed by atoms with van der Waals surface area (Å²) in [5.74, 6) is 6.30. The Balaban J connectivity index is 2.09. The van der Waals surface area contributed by atoms with Gasteiger partial charge in [0.05, 0.1) is 19.4 Å². The summed E-state index contributed by atoms with van der Waals surface area (Å²) in [6.07, 6.45) is 1.42. The molecule has 0 aliphatic carbocycles. The number of anilines is 1. The van der Waals surface area contributed by atoms with Crippen molar-refractivity contribution < 1.29 is 18.3 Å². The minimum absolute atomic E-state index is 0.0438. The second kappa shape index (κ2) is 5.53. The highest BCUT2D eigenvalue weighted by Gasteiger charge is 2.33. The molecule has 0 unspecified atom stereocenters. The molecule has 0 saturated carbocycles. The van der Waals surface area contributed by atoms with Crippen LogP contribution >= 0.6 is 0 Å². The van der Waals surface area contributed by atoms with Crippen molar-refractivity contribution >= 4 is 17.3 Å². The van der Waals surface area contributed by atoms with Gasteiger partial charge in [-0.1, -0.05) is 0 Å². The number of aromatic nitrogens is 4. The third kappa shape index (κ3) is 2.11. The van der Waals surface area contributed by atoms with E-state index in [1.54, 1.807) is 12.1 Å². The third-order valence-corrected chi connectivity index (χ3v) is 3.84. The fraction of sp³-hybridized carbons (Fsp3) is 0.308. The highest BCUT2D eigenvalue weighted by Crippen LogP contribution is 2.28. The number of nitrogens with two attached hydrogens (primary N) is 1. The quantitative estimate of drug-likeness (QED) is 0.625. The summed E-state index contributed by atoms with van der Waals surface area (Å²) in [6, 6.07) is 3.24. The Bertz CT molecular complexity index is 1010. The fourth-order valence-corrected chi connectivity index (χ4v) is 2.83. The lowest BCUT2D eigenvalue weighted by Gasteiger charge is -2.21. The van der Waals surface area contributed by atoms with E-state index in [4.69, 9.17) is 15.4 Å². The molecule has 0 saturated heterocycles. The first-order chi connectivity index (χ1) is 12.0. The summed E-state index contributed by atoms with van der Waals surface area (Å²) in [6.45, 7) is -3.68. The first kappa shape index (κ1) is 15.5. The van der Waals surface area contributed by atoms with Gasteiger partial charge in [-0.3, -0.25) is 14.6 Å². The molecule has 0 amide bonds. The predicted octanol–water partition coefficient (Wildman–Crippen LogP) is -0.234. The zero-order chi connectivity index (χ0) is 17.7. The first-order valence-corrected chi connectivity index (χ1v) is 7.28. The summed E-state index contributed by atoms with van der Waals surface area (Å²) >= 11 is 0. The van der Waals surface area contributed by atoms with Crippen LogP contribution < -0.4 is 16.5 Å². The number of hydrazine groups is 1. The maximum atomic E-state index is 13.6. The van der Waals surface area contributed by atoms with Crippen LogP contribution in [0.15, 0.2) is 32.6 Å². The number of aliphatic hydroxyl groups is 1. The summed E-state index contributed by atoms with van der Waals surface area (Å²) in [5, 5.41) is 10.3. The van der Waals surface area contributed by atoms with E-state index in [0.717, 1.165) is 9.08 Å². The normalized spacial score (nSPS) is 14.4. The number of nitrogens with zero attached hydrogens (tertiary/aromatic N) is 6. The van der Waals surface area contributed by atoms with Gasteiger partial charge in [-0.05, 0) is 12.1 Å². The van der Waals surface area contributed by atoms with Crippen LogP contribution in [0.5, 0.6) is 0 Å². The van der Waals surface area contributed by atoms with Crippen LogP contribution in [0.25, 0.3) is 5.78 Å². The average molecular weight is 353 g/mol. The van der Waals surface area contributed by atoms with Gasteiger partial charge in [0.2, 0.25) is 5.78 Å². The molecule has 132 valence electrons. The zero-order valence-corrected chi connectivity index (χ0v) is 12.7. The van der Waals surface area contributed by atoms with Crippen molar-refractivity contribution in [2.75, 3.05) is 18.3 Å². The van der Waals surface area contributed by atoms with Gasteiger partial charge < -0.3 is 9.52 Å². The Morgan fingerprint density at radius 3 is 2.88 bits per heavy atom. The summed E-state index contributed by atoms with van der Waals surface area (Å²) in [7, 11) is 0. The van der Waals surface area contributed by atoms with Gasteiger partial charge >= 0.3 is 12.2 Å². The second-order valence-electron chi connectivity index (χ2n) is 5.27. The van der Waals surface area contributed by atoms with Crippen LogP contribution in [0.1, 0.15) is 18.0 Å². The molecule has 12 heteroatoms. The summed E-state index contributed by atoms with van der Waals surface area (Å²) in [5.41, 5.74) is -0.625. The molecule has 0 radical (unpaired) electrons. The number of imidazole rings is 1. The molecule has 3 aromatic heterocycles. The number of hydrogen-bond donors (Lipinski definition) is 2. The molecule has 10 nitrogen and oxygen atoms in total. The molecule has 3 N–H and O–H groups in total. The highest BCUT2D eigenvalue weighted by atomic mass is 19.3. The second-order valence-corrected chi connectivity index (χ2v) is 5.27. The van der Waals surface area contributed by atoms with Crippen molar-refractivity contribution in [1.82, 2.24) is 18.7 Å². The predicted molar refractivity (Wildman–Crippen MR) is 81.7 cm³/mol. The minimum atomic E-state index is -3.13. The lowest BCUT2D eigenvalue weighted by Crippen LogP contribution is -2.37. The molecule has 4 rings (SSSR count). The maximum Gasteiger partial charge on any atom is 0.351 e. The standard InChI is InChI=1S/C13H13F2N7O3/c14-11(15)22-13(24)19(3-4-23)12-18-10-9(21(12)22)8(17-6-20(10)16)7-2-1-5-25-7/h1-2,5,11,23H,3-4,6,16H2. The molecule has 25 heavy (non-hydrogen) atoms. The maximum absolute atomic E-state index is 13.6. The summed E-state index contributed by atoms with van der Waals surface area (Å²) in [4.78, 5) is 20.8. The first-order valence-electron chi connectivity index (χ1n) is 7.28. The number of alkyl halides is 2. The molecular weight excluding hydrogens is 340 g/mol. The highest BCUT2D eigenvalue weighted by molar-refractivity contribution is 6.14. The van der Waals surface area contributed by atoms with Gasteiger partial charge in [0.25, 0.3) is 0 Å². The molecule has 1 aliphatic heterocycles. The molecule has 0 spiro atoms.